The average molecular weight is 722 g/mol. The van der Waals surface area contributed by atoms with E-state index in [-0.39, 0.29) is 12.2 Å². The number of aryl methyl sites for hydroxylation is 1. The first-order valence-corrected chi connectivity index (χ1v) is 19.9. The second kappa shape index (κ2) is 23.1. The van der Waals surface area contributed by atoms with Crippen LogP contribution in [0.25, 0.3) is 0 Å². The van der Waals surface area contributed by atoms with Crippen molar-refractivity contribution >= 4 is 17.4 Å². The standard InChI is InChI=1S/C46H61N2O5/c1-5-7-9-11-13-15-17-40-35-37(36-44(49)38-19-23-42(24-20-38)51-33-16-14-12-10-8-6-2)18-27-45(40)53-46(50)39-21-25-43(26-22-39)52-34-32-48-30-28-41(29-31-48)47(3)4/h18-31,35H,5-17,32-34,36H2,1-4H3/q+1. The van der Waals surface area contributed by atoms with Gasteiger partial charge in [-0.15, -0.1) is 0 Å². The number of benzene rings is 3. The molecule has 0 saturated carbocycles. The highest BCUT2D eigenvalue weighted by molar-refractivity contribution is 5.97. The van der Waals surface area contributed by atoms with Crippen LogP contribution in [-0.4, -0.2) is 39.1 Å². The molecule has 4 aromatic rings. The molecule has 0 unspecified atom stereocenters. The van der Waals surface area contributed by atoms with Gasteiger partial charge in [-0.25, -0.2) is 9.36 Å². The Bertz CT molecular complexity index is 1650. The third-order valence-electron chi connectivity index (χ3n) is 9.53. The quantitative estimate of drug-likeness (QED) is 0.0223. The highest BCUT2D eigenvalue weighted by Gasteiger charge is 2.15. The summed E-state index contributed by atoms with van der Waals surface area (Å²) < 4.78 is 19.9. The number of nitrogens with zero attached hydrogens (tertiary/aromatic N) is 2. The molecule has 53 heavy (non-hydrogen) atoms. The first-order valence-electron chi connectivity index (χ1n) is 19.9. The van der Waals surface area contributed by atoms with Gasteiger partial charge < -0.3 is 19.1 Å². The summed E-state index contributed by atoms with van der Waals surface area (Å²) in [5.74, 6) is 1.67. The SMILES string of the molecule is CCCCCCCCOc1ccc(C(=O)Cc2ccc(OC(=O)c3ccc(OCC[n+]4ccc(N(C)C)cc4)cc3)c(CCCCCCCC)c2)cc1. The van der Waals surface area contributed by atoms with E-state index in [9.17, 15) is 9.59 Å². The predicted molar refractivity (Wildman–Crippen MR) is 215 cm³/mol. The largest absolute Gasteiger partial charge is 0.494 e. The van der Waals surface area contributed by atoms with Crippen molar-refractivity contribution in [2.45, 2.75) is 110 Å². The van der Waals surface area contributed by atoms with Gasteiger partial charge in [0.15, 0.2) is 24.7 Å². The summed E-state index contributed by atoms with van der Waals surface area (Å²) in [7, 11) is 4.04. The Labute approximate surface area is 318 Å². The number of carbonyl (C=O) groups excluding carboxylic acids is 2. The van der Waals surface area contributed by atoms with E-state index >= 15 is 0 Å². The highest BCUT2D eigenvalue weighted by Crippen LogP contribution is 2.26. The first kappa shape index (κ1) is 41.1. The fraction of sp³-hybridized carbons (Fsp3) is 0.457. The Hall–Kier alpha value is -4.65. The summed E-state index contributed by atoms with van der Waals surface area (Å²) >= 11 is 0. The van der Waals surface area contributed by atoms with E-state index in [1.165, 1.54) is 57.8 Å². The molecule has 0 bridgehead atoms. The van der Waals surface area contributed by atoms with Crippen LogP contribution < -0.4 is 23.7 Å². The van der Waals surface area contributed by atoms with Crippen LogP contribution in [0.1, 0.15) is 123 Å². The van der Waals surface area contributed by atoms with Crippen molar-refractivity contribution in [2.24, 2.45) is 0 Å². The minimum absolute atomic E-state index is 0.0471. The summed E-state index contributed by atoms with van der Waals surface area (Å²) in [6, 6.07) is 24.5. The number of unbranched alkanes of at least 4 members (excludes halogenated alkanes) is 10. The molecule has 284 valence electrons. The zero-order valence-electron chi connectivity index (χ0n) is 32.6. The number of ether oxygens (including phenoxy) is 3. The second-order valence-corrected chi connectivity index (χ2v) is 14.2. The molecule has 1 heterocycles. The number of aromatic nitrogens is 1. The van der Waals surface area contributed by atoms with Crippen LogP contribution in [-0.2, 0) is 19.4 Å². The zero-order chi connectivity index (χ0) is 37.7. The summed E-state index contributed by atoms with van der Waals surface area (Å²) in [5.41, 5.74) is 4.12. The average Bonchev–Trinajstić information content (AvgIpc) is 3.17. The maximum Gasteiger partial charge on any atom is 0.343 e. The molecule has 0 spiro atoms. The van der Waals surface area contributed by atoms with E-state index in [4.69, 9.17) is 14.2 Å². The van der Waals surface area contributed by atoms with E-state index in [1.54, 1.807) is 24.3 Å². The van der Waals surface area contributed by atoms with Crippen molar-refractivity contribution < 1.29 is 28.4 Å². The third kappa shape index (κ3) is 14.7. The highest BCUT2D eigenvalue weighted by atomic mass is 16.5. The van der Waals surface area contributed by atoms with Gasteiger partial charge in [0.25, 0.3) is 0 Å². The van der Waals surface area contributed by atoms with Crippen LogP contribution in [0.5, 0.6) is 17.2 Å². The molecule has 0 N–H and O–H groups in total. The Balaban J connectivity index is 1.32. The molecule has 0 aliphatic rings. The summed E-state index contributed by atoms with van der Waals surface area (Å²) in [6.07, 6.45) is 19.5. The van der Waals surface area contributed by atoms with Crippen LogP contribution in [0.3, 0.4) is 0 Å². The molecule has 0 fully saturated rings. The van der Waals surface area contributed by atoms with E-state index < -0.39 is 5.97 Å². The molecular formula is C46H61N2O5+. The van der Waals surface area contributed by atoms with Crippen molar-refractivity contribution in [2.75, 3.05) is 32.2 Å². The van der Waals surface area contributed by atoms with Crippen LogP contribution in [0.15, 0.2) is 91.3 Å². The van der Waals surface area contributed by atoms with E-state index in [1.807, 2.05) is 69.0 Å². The predicted octanol–water partition coefficient (Wildman–Crippen LogP) is 10.4. The minimum Gasteiger partial charge on any atom is -0.494 e. The lowest BCUT2D eigenvalue weighted by atomic mass is 9.98. The molecule has 4 rings (SSSR count). The van der Waals surface area contributed by atoms with E-state index in [2.05, 4.69) is 35.4 Å². The third-order valence-corrected chi connectivity index (χ3v) is 9.53. The maximum atomic E-state index is 13.3. The number of Topliss-reactive ketones (excluding diaryl/α,β-unsaturated/α-hetero) is 1. The van der Waals surface area contributed by atoms with Crippen LogP contribution >= 0.6 is 0 Å². The molecule has 3 aromatic carbocycles. The molecule has 0 saturated heterocycles. The lowest BCUT2D eigenvalue weighted by molar-refractivity contribution is -0.697. The number of carbonyl (C=O) groups is 2. The molecule has 0 aliphatic carbocycles. The lowest BCUT2D eigenvalue weighted by Crippen LogP contribution is -2.35. The van der Waals surface area contributed by atoms with Crippen LogP contribution in [0, 0.1) is 0 Å². The number of anilines is 1. The maximum absolute atomic E-state index is 13.3. The van der Waals surface area contributed by atoms with Crippen molar-refractivity contribution in [1.82, 2.24) is 0 Å². The molecule has 0 amide bonds. The molecular weight excluding hydrogens is 661 g/mol. The molecule has 0 aliphatic heterocycles. The number of rotatable bonds is 25. The van der Waals surface area contributed by atoms with Crippen molar-refractivity contribution in [3.8, 4) is 17.2 Å². The summed E-state index contributed by atoms with van der Waals surface area (Å²) in [4.78, 5) is 28.6. The lowest BCUT2D eigenvalue weighted by Gasteiger charge is -2.13. The Kier molecular flexibility index (Phi) is 17.9. The molecule has 0 radical (unpaired) electrons. The van der Waals surface area contributed by atoms with Gasteiger partial charge in [0.1, 0.15) is 23.9 Å². The molecule has 0 atom stereocenters. The van der Waals surface area contributed by atoms with Gasteiger partial charge in [-0.2, -0.15) is 0 Å². The van der Waals surface area contributed by atoms with Crippen molar-refractivity contribution in [3.63, 3.8) is 0 Å². The van der Waals surface area contributed by atoms with Crippen LogP contribution in [0.2, 0.25) is 0 Å². The van der Waals surface area contributed by atoms with Crippen LogP contribution in [0.4, 0.5) is 5.69 Å². The number of pyridine rings is 1. The Morgan fingerprint density at radius 3 is 1.81 bits per heavy atom. The number of hydrogen-bond donors (Lipinski definition) is 0. The zero-order valence-corrected chi connectivity index (χ0v) is 32.6. The second-order valence-electron chi connectivity index (χ2n) is 14.2. The number of esters is 1. The minimum atomic E-state index is -0.417. The van der Waals surface area contributed by atoms with E-state index in [0.717, 1.165) is 48.2 Å². The Morgan fingerprint density at radius 2 is 1.19 bits per heavy atom. The smallest absolute Gasteiger partial charge is 0.343 e. The fourth-order valence-corrected chi connectivity index (χ4v) is 6.24. The number of ketones is 1. The molecule has 1 aromatic heterocycles. The first-order chi connectivity index (χ1) is 25.9. The van der Waals surface area contributed by atoms with Gasteiger partial charge >= 0.3 is 5.97 Å². The van der Waals surface area contributed by atoms with Gasteiger partial charge in [-0.1, -0.05) is 90.2 Å². The molecule has 7 heteroatoms. The normalized spacial score (nSPS) is 10.9. The van der Waals surface area contributed by atoms with Gasteiger partial charge in [0.05, 0.1) is 12.2 Å². The fourth-order valence-electron chi connectivity index (χ4n) is 6.24. The summed E-state index contributed by atoms with van der Waals surface area (Å²) in [6.45, 7) is 6.37. The van der Waals surface area contributed by atoms with Gasteiger partial charge in [0, 0.05) is 43.9 Å². The molecule has 7 nitrogen and oxygen atoms in total. The number of hydrogen-bond acceptors (Lipinski definition) is 6. The van der Waals surface area contributed by atoms with Gasteiger partial charge in [0.2, 0.25) is 0 Å². The van der Waals surface area contributed by atoms with E-state index in [0.29, 0.717) is 42.4 Å². The summed E-state index contributed by atoms with van der Waals surface area (Å²) in [5, 5.41) is 0. The van der Waals surface area contributed by atoms with Crippen molar-refractivity contribution in [3.05, 3.63) is 114 Å². The topological polar surface area (TPSA) is 68.9 Å². The van der Waals surface area contributed by atoms with Gasteiger partial charge in [-0.3, -0.25) is 4.79 Å². The monoisotopic (exact) mass is 721 g/mol. The Morgan fingerprint density at radius 1 is 0.623 bits per heavy atom. The van der Waals surface area contributed by atoms with Gasteiger partial charge in [-0.05, 0) is 85.0 Å². The van der Waals surface area contributed by atoms with Crippen molar-refractivity contribution in [1.29, 1.82) is 0 Å².